The van der Waals surface area contributed by atoms with Crippen LogP contribution in [0.15, 0.2) is 30.5 Å². The monoisotopic (exact) mass is 277 g/mol. The van der Waals surface area contributed by atoms with Gasteiger partial charge < -0.3 is 20.5 Å². The fourth-order valence-electron chi connectivity index (χ4n) is 1.85. The molecule has 98 valence electrons. The van der Waals surface area contributed by atoms with Crippen molar-refractivity contribution < 1.29 is 9.47 Å². The molecule has 0 saturated heterocycles. The average molecular weight is 278 g/mol. The lowest BCUT2D eigenvalue weighted by molar-refractivity contribution is 0.174. The Morgan fingerprint density at radius 1 is 1.26 bits per heavy atom. The molecule has 0 atom stereocenters. The second kappa shape index (κ2) is 4.85. The normalized spacial score (nSPS) is 12.5. The van der Waals surface area contributed by atoms with Gasteiger partial charge >= 0.3 is 0 Å². The summed E-state index contributed by atoms with van der Waals surface area (Å²) in [6.45, 7) is 0.889. The molecule has 5 nitrogen and oxygen atoms in total. The van der Waals surface area contributed by atoms with Crippen molar-refractivity contribution in [2.45, 2.75) is 6.54 Å². The number of nitrogens with one attached hydrogen (secondary N) is 1. The fraction of sp³-hybridized carbons (Fsp3) is 0.154. The summed E-state index contributed by atoms with van der Waals surface area (Å²) in [5.41, 5.74) is 8.11. The van der Waals surface area contributed by atoms with Crippen molar-refractivity contribution in [2.75, 3.05) is 17.8 Å². The molecule has 3 rings (SSSR count). The van der Waals surface area contributed by atoms with Gasteiger partial charge in [0.2, 0.25) is 6.79 Å². The highest BCUT2D eigenvalue weighted by Gasteiger charge is 2.13. The number of hydrogen-bond acceptors (Lipinski definition) is 5. The van der Waals surface area contributed by atoms with Crippen LogP contribution in [-0.4, -0.2) is 11.8 Å². The highest BCUT2D eigenvalue weighted by molar-refractivity contribution is 6.32. The van der Waals surface area contributed by atoms with E-state index >= 15 is 0 Å². The lowest BCUT2D eigenvalue weighted by atomic mass is 10.2. The first-order valence-corrected chi connectivity index (χ1v) is 6.14. The second-order valence-corrected chi connectivity index (χ2v) is 4.46. The van der Waals surface area contributed by atoms with Crippen LogP contribution in [0.3, 0.4) is 0 Å². The molecule has 1 aromatic carbocycles. The van der Waals surface area contributed by atoms with E-state index in [1.165, 1.54) is 0 Å². The van der Waals surface area contributed by atoms with E-state index in [0.717, 1.165) is 22.7 Å². The van der Waals surface area contributed by atoms with Crippen LogP contribution >= 0.6 is 11.6 Å². The quantitative estimate of drug-likeness (QED) is 0.844. The first-order chi connectivity index (χ1) is 9.24. The van der Waals surface area contributed by atoms with Gasteiger partial charge in [-0.05, 0) is 23.8 Å². The molecule has 2 heterocycles. The molecule has 1 aliphatic rings. The number of anilines is 2. The van der Waals surface area contributed by atoms with E-state index in [1.807, 2.05) is 18.2 Å². The number of rotatable bonds is 3. The molecule has 0 spiro atoms. The molecule has 19 heavy (non-hydrogen) atoms. The Labute approximate surface area is 115 Å². The van der Waals surface area contributed by atoms with E-state index in [0.29, 0.717) is 17.4 Å². The van der Waals surface area contributed by atoms with E-state index in [9.17, 15) is 0 Å². The fourth-order valence-corrected chi connectivity index (χ4v) is 2.01. The van der Waals surface area contributed by atoms with Gasteiger partial charge in [-0.3, -0.25) is 0 Å². The molecule has 3 N–H and O–H groups in total. The number of pyridine rings is 1. The summed E-state index contributed by atoms with van der Waals surface area (Å²) in [5.74, 6) is 1.54. The molecular weight excluding hydrogens is 266 g/mol. The van der Waals surface area contributed by atoms with Crippen LogP contribution in [-0.2, 0) is 6.54 Å². The minimum Gasteiger partial charge on any atom is -0.454 e. The van der Waals surface area contributed by atoms with Crippen molar-refractivity contribution >= 4 is 23.0 Å². The zero-order valence-corrected chi connectivity index (χ0v) is 10.8. The van der Waals surface area contributed by atoms with Gasteiger partial charge in [0.05, 0.1) is 11.4 Å². The van der Waals surface area contributed by atoms with Gasteiger partial charge in [-0.2, -0.15) is 0 Å². The van der Waals surface area contributed by atoms with E-state index in [2.05, 4.69) is 10.3 Å². The van der Waals surface area contributed by atoms with Gasteiger partial charge in [0, 0.05) is 12.7 Å². The maximum absolute atomic E-state index is 5.86. The highest BCUT2D eigenvalue weighted by atomic mass is 35.5. The number of nitrogen functional groups attached to an aromatic ring is 1. The number of fused-ring (bicyclic) bond motifs is 1. The largest absolute Gasteiger partial charge is 0.454 e. The Kier molecular flexibility index (Phi) is 3.05. The van der Waals surface area contributed by atoms with E-state index in [4.69, 9.17) is 26.8 Å². The van der Waals surface area contributed by atoms with E-state index < -0.39 is 0 Å². The molecule has 0 aliphatic carbocycles. The van der Waals surface area contributed by atoms with Crippen molar-refractivity contribution in [1.82, 2.24) is 4.98 Å². The molecule has 1 aliphatic heterocycles. The van der Waals surface area contributed by atoms with Crippen molar-refractivity contribution in [2.24, 2.45) is 0 Å². The molecular formula is C13H12ClN3O2. The number of ether oxygens (including phenoxy) is 2. The van der Waals surface area contributed by atoms with Gasteiger partial charge in [-0.1, -0.05) is 17.7 Å². The van der Waals surface area contributed by atoms with Crippen LogP contribution in [0.1, 0.15) is 5.56 Å². The maximum Gasteiger partial charge on any atom is 0.231 e. The minimum absolute atomic E-state index is 0.277. The van der Waals surface area contributed by atoms with Gasteiger partial charge in [-0.15, -0.1) is 0 Å². The maximum atomic E-state index is 5.86. The summed E-state index contributed by atoms with van der Waals surface area (Å²) in [7, 11) is 0. The van der Waals surface area contributed by atoms with Crippen LogP contribution in [0.4, 0.5) is 11.4 Å². The lowest BCUT2D eigenvalue weighted by Crippen LogP contribution is -2.03. The Morgan fingerprint density at radius 3 is 3.00 bits per heavy atom. The third-order valence-electron chi connectivity index (χ3n) is 2.86. The Hall–Kier alpha value is -2.14. The number of nitrogens with zero attached hydrogens (tertiary/aromatic N) is 1. The smallest absolute Gasteiger partial charge is 0.231 e. The Bertz CT molecular complexity index is 619. The number of benzene rings is 1. The number of nitrogens with two attached hydrogens (primary N) is 1. The van der Waals surface area contributed by atoms with Crippen molar-refractivity contribution in [3.05, 3.63) is 41.2 Å². The van der Waals surface area contributed by atoms with Crippen molar-refractivity contribution in [1.29, 1.82) is 0 Å². The summed E-state index contributed by atoms with van der Waals surface area (Å²) < 4.78 is 10.6. The molecule has 2 aromatic rings. The molecule has 6 heteroatoms. The number of aromatic nitrogens is 1. The van der Waals surface area contributed by atoms with Crippen molar-refractivity contribution in [3.8, 4) is 11.5 Å². The zero-order chi connectivity index (χ0) is 13.2. The predicted octanol–water partition coefficient (Wildman–Crippen LogP) is 2.66. The third-order valence-corrected chi connectivity index (χ3v) is 3.16. The van der Waals surface area contributed by atoms with Gasteiger partial charge in [-0.25, -0.2) is 4.98 Å². The van der Waals surface area contributed by atoms with E-state index in [-0.39, 0.29) is 6.79 Å². The molecule has 0 bridgehead atoms. The summed E-state index contributed by atoms with van der Waals surface area (Å²) in [5, 5.41) is 3.52. The third kappa shape index (κ3) is 2.37. The summed E-state index contributed by atoms with van der Waals surface area (Å²) in [6.07, 6.45) is 1.61. The highest BCUT2D eigenvalue weighted by Crippen LogP contribution is 2.33. The van der Waals surface area contributed by atoms with Crippen LogP contribution in [0.2, 0.25) is 5.15 Å². The zero-order valence-electron chi connectivity index (χ0n) is 10.0. The first kappa shape index (κ1) is 11.9. The number of halogens is 1. The second-order valence-electron chi connectivity index (χ2n) is 4.10. The molecule has 0 radical (unpaired) electrons. The average Bonchev–Trinajstić information content (AvgIpc) is 2.88. The molecule has 0 amide bonds. The van der Waals surface area contributed by atoms with Gasteiger partial charge in [0.15, 0.2) is 16.7 Å². The van der Waals surface area contributed by atoms with Crippen molar-refractivity contribution in [3.63, 3.8) is 0 Å². The van der Waals surface area contributed by atoms with Crippen LogP contribution < -0.4 is 20.5 Å². The first-order valence-electron chi connectivity index (χ1n) is 5.76. The molecule has 0 unspecified atom stereocenters. The predicted molar refractivity (Wildman–Crippen MR) is 73.6 cm³/mol. The summed E-state index contributed by atoms with van der Waals surface area (Å²) in [6, 6.07) is 7.59. The Morgan fingerprint density at radius 2 is 2.11 bits per heavy atom. The number of hydrogen-bond donors (Lipinski definition) is 2. The van der Waals surface area contributed by atoms with Gasteiger partial charge in [0.25, 0.3) is 0 Å². The summed E-state index contributed by atoms with van der Waals surface area (Å²) in [4.78, 5) is 3.91. The molecule has 1 aromatic heterocycles. The standard InChI is InChI=1S/C13H12ClN3O2/c14-13-12(15)9(3-4-16-13)17-6-8-1-2-10-11(5-8)19-7-18-10/h1-5H,6-7,15H2,(H,16,17). The summed E-state index contributed by atoms with van der Waals surface area (Å²) >= 11 is 5.86. The van der Waals surface area contributed by atoms with Crippen LogP contribution in [0, 0.1) is 0 Å². The molecule has 0 fully saturated rings. The minimum atomic E-state index is 0.277. The lowest BCUT2D eigenvalue weighted by Gasteiger charge is -2.10. The van der Waals surface area contributed by atoms with Gasteiger partial charge in [0.1, 0.15) is 0 Å². The Balaban J connectivity index is 1.74. The SMILES string of the molecule is Nc1c(NCc2ccc3c(c2)OCO3)ccnc1Cl. The van der Waals surface area contributed by atoms with E-state index in [1.54, 1.807) is 12.3 Å². The van der Waals surface area contributed by atoms with Crippen LogP contribution in [0.25, 0.3) is 0 Å². The topological polar surface area (TPSA) is 69.4 Å². The van der Waals surface area contributed by atoms with Crippen LogP contribution in [0.5, 0.6) is 11.5 Å². The molecule has 0 saturated carbocycles.